The van der Waals surface area contributed by atoms with Gasteiger partial charge in [-0.2, -0.15) is 0 Å². The third kappa shape index (κ3) is 3.99. The lowest BCUT2D eigenvalue weighted by Crippen LogP contribution is -2.22. The van der Waals surface area contributed by atoms with Crippen LogP contribution in [0.3, 0.4) is 0 Å². The van der Waals surface area contributed by atoms with E-state index in [-0.39, 0.29) is 18.1 Å². The first-order valence-electron chi connectivity index (χ1n) is 7.72. The summed E-state index contributed by atoms with van der Waals surface area (Å²) in [6.45, 7) is 5.16. The lowest BCUT2D eigenvalue weighted by Gasteiger charge is -2.10. The quantitative estimate of drug-likeness (QED) is 0.453. The number of nitro groups is 1. The number of anilines is 2. The predicted molar refractivity (Wildman–Crippen MR) is 100 cm³/mol. The van der Waals surface area contributed by atoms with Crippen LogP contribution in [0.4, 0.5) is 16.4 Å². The highest BCUT2D eigenvalue weighted by atomic mass is 32.1. The Hall–Kier alpha value is -2.94. The van der Waals surface area contributed by atoms with Gasteiger partial charge in [0.1, 0.15) is 5.00 Å². The molecule has 1 amide bonds. The molecule has 2 aromatic rings. The van der Waals surface area contributed by atoms with E-state index in [4.69, 9.17) is 4.74 Å². The van der Waals surface area contributed by atoms with Gasteiger partial charge in [-0.15, -0.1) is 11.3 Å². The molecule has 1 heterocycles. The lowest BCUT2D eigenvalue weighted by atomic mass is 10.1. The van der Waals surface area contributed by atoms with Crippen LogP contribution in [-0.4, -0.2) is 30.5 Å². The third-order valence-corrected chi connectivity index (χ3v) is 5.09. The number of hydrogen-bond acceptors (Lipinski definition) is 7. The van der Waals surface area contributed by atoms with Gasteiger partial charge in [0.2, 0.25) is 5.91 Å². The zero-order chi connectivity index (χ0) is 19.4. The van der Waals surface area contributed by atoms with Crippen molar-refractivity contribution in [3.63, 3.8) is 0 Å². The minimum atomic E-state index is -0.510. The van der Waals surface area contributed by atoms with Gasteiger partial charge in [-0.1, -0.05) is 6.07 Å². The summed E-state index contributed by atoms with van der Waals surface area (Å²) >= 11 is 1.29. The maximum absolute atomic E-state index is 12.2. The minimum absolute atomic E-state index is 0.0205. The number of nitrogens with one attached hydrogen (secondary N) is 2. The number of carbonyl (C=O) groups excluding carboxylic acids is 2. The largest absolute Gasteiger partial charge is 0.465 e. The second-order valence-corrected chi connectivity index (χ2v) is 6.81. The van der Waals surface area contributed by atoms with Crippen LogP contribution in [-0.2, 0) is 9.53 Å². The molecule has 138 valence electrons. The van der Waals surface area contributed by atoms with Gasteiger partial charge < -0.3 is 15.4 Å². The van der Waals surface area contributed by atoms with Gasteiger partial charge in [-0.05, 0) is 32.4 Å². The van der Waals surface area contributed by atoms with E-state index < -0.39 is 10.9 Å². The second kappa shape index (κ2) is 7.96. The number of ether oxygens (including phenoxy) is 1. The van der Waals surface area contributed by atoms with E-state index in [1.165, 1.54) is 24.5 Å². The highest BCUT2D eigenvalue weighted by molar-refractivity contribution is 7.16. The van der Waals surface area contributed by atoms with E-state index in [1.807, 2.05) is 6.92 Å². The van der Waals surface area contributed by atoms with Gasteiger partial charge in [0.05, 0.1) is 24.1 Å². The van der Waals surface area contributed by atoms with E-state index in [2.05, 4.69) is 10.6 Å². The number of benzene rings is 1. The molecule has 0 aliphatic heterocycles. The van der Waals surface area contributed by atoms with E-state index >= 15 is 0 Å². The molecule has 1 aromatic carbocycles. The van der Waals surface area contributed by atoms with Crippen molar-refractivity contribution in [1.82, 2.24) is 0 Å². The number of nitro benzene ring substituents is 1. The van der Waals surface area contributed by atoms with Crippen LogP contribution >= 0.6 is 11.3 Å². The Labute approximate surface area is 154 Å². The Morgan fingerprint density at radius 1 is 1.23 bits per heavy atom. The molecule has 0 saturated carbocycles. The average molecular weight is 377 g/mol. The number of rotatable bonds is 6. The Morgan fingerprint density at radius 3 is 2.54 bits per heavy atom. The van der Waals surface area contributed by atoms with Crippen LogP contribution in [0.2, 0.25) is 0 Å². The van der Waals surface area contributed by atoms with Crippen LogP contribution in [0.25, 0.3) is 0 Å². The predicted octanol–water partition coefficient (Wildman–Crippen LogP) is 3.42. The lowest BCUT2D eigenvalue weighted by molar-refractivity contribution is -0.385. The minimum Gasteiger partial charge on any atom is -0.465 e. The molecule has 2 N–H and O–H groups in total. The van der Waals surface area contributed by atoms with Gasteiger partial charge in [0.25, 0.3) is 5.69 Å². The summed E-state index contributed by atoms with van der Waals surface area (Å²) in [7, 11) is 1.28. The number of aryl methyl sites for hydroxylation is 1. The third-order valence-electron chi connectivity index (χ3n) is 3.97. The maximum atomic E-state index is 12.2. The number of methoxy groups -OCH3 is 1. The molecule has 0 bridgehead atoms. The number of amides is 1. The van der Waals surface area contributed by atoms with E-state index in [9.17, 15) is 19.7 Å². The number of carbonyl (C=O) groups is 2. The fraction of sp³-hybridized carbons (Fsp3) is 0.294. The Kier molecular flexibility index (Phi) is 5.93. The van der Waals surface area contributed by atoms with Crippen molar-refractivity contribution in [2.24, 2.45) is 0 Å². The van der Waals surface area contributed by atoms with Crippen LogP contribution in [0.1, 0.15) is 26.4 Å². The molecule has 0 fully saturated rings. The van der Waals surface area contributed by atoms with E-state index in [0.29, 0.717) is 21.8 Å². The van der Waals surface area contributed by atoms with Gasteiger partial charge in [-0.3, -0.25) is 14.9 Å². The van der Waals surface area contributed by atoms with E-state index in [0.717, 1.165) is 10.4 Å². The van der Waals surface area contributed by atoms with Crippen molar-refractivity contribution >= 4 is 39.6 Å². The smallest absolute Gasteiger partial charge is 0.341 e. The van der Waals surface area contributed by atoms with E-state index in [1.54, 1.807) is 26.0 Å². The highest BCUT2D eigenvalue weighted by Crippen LogP contribution is 2.33. The number of nitrogens with zero attached hydrogens (tertiary/aromatic N) is 1. The number of thiophene rings is 1. The Morgan fingerprint density at radius 2 is 1.92 bits per heavy atom. The molecule has 0 spiro atoms. The molecule has 0 atom stereocenters. The molecule has 0 unspecified atom stereocenters. The molecule has 0 radical (unpaired) electrons. The average Bonchev–Trinajstić information content (AvgIpc) is 2.86. The van der Waals surface area contributed by atoms with Crippen molar-refractivity contribution < 1.29 is 19.2 Å². The first kappa shape index (κ1) is 19.4. The number of esters is 1. The normalized spacial score (nSPS) is 10.3. The topological polar surface area (TPSA) is 111 Å². The van der Waals surface area contributed by atoms with Crippen molar-refractivity contribution in [3.8, 4) is 0 Å². The van der Waals surface area contributed by atoms with Crippen molar-refractivity contribution in [2.45, 2.75) is 20.8 Å². The summed E-state index contributed by atoms with van der Waals surface area (Å²) in [6, 6.07) is 4.61. The van der Waals surface area contributed by atoms with Gasteiger partial charge >= 0.3 is 5.97 Å². The van der Waals surface area contributed by atoms with Crippen LogP contribution < -0.4 is 10.6 Å². The van der Waals surface area contributed by atoms with Crippen molar-refractivity contribution in [1.29, 1.82) is 0 Å². The van der Waals surface area contributed by atoms with Crippen LogP contribution in [0, 0.1) is 30.9 Å². The molecule has 8 nitrogen and oxygen atoms in total. The first-order chi connectivity index (χ1) is 12.3. The van der Waals surface area contributed by atoms with Gasteiger partial charge in [-0.25, -0.2) is 4.79 Å². The molecular formula is C17H19N3O5S. The van der Waals surface area contributed by atoms with Crippen LogP contribution in [0.5, 0.6) is 0 Å². The molecule has 0 aliphatic rings. The molecule has 9 heteroatoms. The van der Waals surface area contributed by atoms with Crippen molar-refractivity contribution in [2.75, 3.05) is 24.3 Å². The molecular weight excluding hydrogens is 358 g/mol. The standard InChI is InChI=1S/C17H19N3O5S/c1-9-11(3)26-16(15(9)17(22)25-4)19-14(21)8-18-12-6-5-7-13(10(12)2)20(23)24/h5-7,18H,8H2,1-4H3,(H,19,21). The summed E-state index contributed by atoms with van der Waals surface area (Å²) in [5.74, 6) is -0.882. The zero-order valence-electron chi connectivity index (χ0n) is 14.8. The molecule has 1 aromatic heterocycles. The van der Waals surface area contributed by atoms with Gasteiger partial charge in [0.15, 0.2) is 0 Å². The fourth-order valence-corrected chi connectivity index (χ4v) is 3.49. The fourth-order valence-electron chi connectivity index (χ4n) is 2.42. The number of hydrogen-bond donors (Lipinski definition) is 2. The van der Waals surface area contributed by atoms with Gasteiger partial charge in [0, 0.05) is 22.2 Å². The van der Waals surface area contributed by atoms with Crippen LogP contribution in [0.15, 0.2) is 18.2 Å². The SMILES string of the molecule is COC(=O)c1c(NC(=O)CNc2cccc([N+](=O)[O-])c2C)sc(C)c1C. The molecule has 26 heavy (non-hydrogen) atoms. The summed E-state index contributed by atoms with van der Waals surface area (Å²) in [6.07, 6.45) is 0. The Balaban J connectivity index is 2.12. The summed E-state index contributed by atoms with van der Waals surface area (Å²) in [4.78, 5) is 35.6. The summed E-state index contributed by atoms with van der Waals surface area (Å²) in [5, 5.41) is 17.0. The first-order valence-corrected chi connectivity index (χ1v) is 8.54. The molecule has 0 saturated heterocycles. The highest BCUT2D eigenvalue weighted by Gasteiger charge is 2.21. The maximum Gasteiger partial charge on any atom is 0.341 e. The summed E-state index contributed by atoms with van der Waals surface area (Å²) in [5.41, 5.74) is 2.03. The Bertz CT molecular complexity index is 876. The van der Waals surface area contributed by atoms with Crippen molar-refractivity contribution in [3.05, 3.63) is 49.9 Å². The summed E-state index contributed by atoms with van der Waals surface area (Å²) < 4.78 is 4.77. The zero-order valence-corrected chi connectivity index (χ0v) is 15.7. The monoisotopic (exact) mass is 377 g/mol. The molecule has 0 aliphatic carbocycles. The second-order valence-electron chi connectivity index (χ2n) is 5.59. The molecule has 2 rings (SSSR count).